The van der Waals surface area contributed by atoms with Crippen LogP contribution >= 0.6 is 0 Å². The second kappa shape index (κ2) is 19.4. The van der Waals surface area contributed by atoms with Crippen LogP contribution in [0.25, 0.3) is 0 Å². The number of carbonyl (C=O) groups excluding carboxylic acids is 1. The average molecular weight is 555 g/mol. The summed E-state index contributed by atoms with van der Waals surface area (Å²) in [6.45, 7) is 20.9. The highest BCUT2D eigenvalue weighted by atomic mass is 16.1. The number of carbonyl (C=O) groups is 1. The summed E-state index contributed by atoms with van der Waals surface area (Å²) in [6, 6.07) is 18.1. The molecular formula is C36H50N4O. The van der Waals surface area contributed by atoms with Gasteiger partial charge in [0.2, 0.25) is 0 Å². The van der Waals surface area contributed by atoms with Gasteiger partial charge in [0.15, 0.2) is 5.78 Å². The second-order valence-corrected chi connectivity index (χ2v) is 11.1. The molecule has 0 unspecified atom stereocenters. The fourth-order valence-corrected chi connectivity index (χ4v) is 3.48. The molecule has 0 radical (unpaired) electrons. The molecule has 5 heteroatoms. The number of aromatic nitrogens is 4. The molecule has 0 atom stereocenters. The second-order valence-electron chi connectivity index (χ2n) is 11.1. The van der Waals surface area contributed by atoms with Crippen molar-refractivity contribution in [2.24, 2.45) is 0 Å². The van der Waals surface area contributed by atoms with Gasteiger partial charge in [-0.05, 0) is 89.2 Å². The molecule has 0 saturated carbocycles. The Bertz CT molecular complexity index is 1210. The standard InChI is InChI=1S/C10H13NO.C10H15N.2C8H11N/c1-7(2)9-4-5-11-10(6-9)8(3)12;1-4-10-7-9(8(2)3)5-6-11-10;1-7(2)8-4-3-5-9-6-8;1-7(2)8-5-3-4-6-9-8/h4-7H,1-3H3;5-8H,4H2,1-3H3;2*3-7H,1-2H3. The van der Waals surface area contributed by atoms with Crippen molar-refractivity contribution in [2.75, 3.05) is 0 Å². The van der Waals surface area contributed by atoms with E-state index in [4.69, 9.17) is 0 Å². The zero-order valence-corrected chi connectivity index (χ0v) is 26.8. The minimum Gasteiger partial charge on any atom is -0.293 e. The third-order valence-electron chi connectivity index (χ3n) is 6.31. The third-order valence-corrected chi connectivity index (χ3v) is 6.31. The first kappa shape index (κ1) is 35.3. The van der Waals surface area contributed by atoms with Gasteiger partial charge in [-0.1, -0.05) is 74.4 Å². The number of pyridine rings is 4. The van der Waals surface area contributed by atoms with Crippen LogP contribution in [0.4, 0.5) is 0 Å². The van der Waals surface area contributed by atoms with Gasteiger partial charge in [0.25, 0.3) is 0 Å². The fourth-order valence-electron chi connectivity index (χ4n) is 3.48. The van der Waals surface area contributed by atoms with Gasteiger partial charge < -0.3 is 0 Å². The summed E-state index contributed by atoms with van der Waals surface area (Å²) < 4.78 is 0. The van der Waals surface area contributed by atoms with E-state index < -0.39 is 0 Å². The molecule has 0 aliphatic heterocycles. The summed E-state index contributed by atoms with van der Waals surface area (Å²) in [5.41, 5.74) is 6.76. The van der Waals surface area contributed by atoms with E-state index in [1.165, 1.54) is 23.7 Å². The van der Waals surface area contributed by atoms with Crippen LogP contribution in [0.1, 0.15) is 131 Å². The van der Waals surface area contributed by atoms with Crippen molar-refractivity contribution >= 4 is 5.78 Å². The summed E-state index contributed by atoms with van der Waals surface area (Å²) in [5.74, 6) is 2.23. The molecule has 0 amide bonds. The predicted molar refractivity (Wildman–Crippen MR) is 173 cm³/mol. The lowest BCUT2D eigenvalue weighted by Crippen LogP contribution is -1.98. The van der Waals surface area contributed by atoms with E-state index in [9.17, 15) is 4.79 Å². The average Bonchev–Trinajstić information content (AvgIpc) is 2.99. The maximum Gasteiger partial charge on any atom is 0.178 e. The van der Waals surface area contributed by atoms with Gasteiger partial charge in [-0.15, -0.1) is 0 Å². The monoisotopic (exact) mass is 554 g/mol. The van der Waals surface area contributed by atoms with E-state index in [1.54, 1.807) is 12.4 Å². The molecule has 4 rings (SSSR count). The molecule has 4 aromatic rings. The van der Waals surface area contributed by atoms with Gasteiger partial charge in [-0.25, -0.2) is 0 Å². The maximum atomic E-state index is 11.0. The first-order valence-electron chi connectivity index (χ1n) is 14.7. The summed E-state index contributed by atoms with van der Waals surface area (Å²) in [4.78, 5) is 27.4. The van der Waals surface area contributed by atoms with E-state index in [0.29, 0.717) is 29.4 Å². The number of Topliss-reactive ketones (excluding diaryl/α,β-unsaturated/α-hetero) is 1. The highest BCUT2D eigenvalue weighted by Crippen LogP contribution is 2.15. The molecule has 0 aliphatic rings. The largest absolute Gasteiger partial charge is 0.293 e. The molecule has 0 saturated heterocycles. The van der Waals surface area contributed by atoms with Crippen molar-refractivity contribution in [2.45, 2.75) is 99.3 Å². The number of ketones is 1. The SMILES string of the molecule is CC(=O)c1cc(C(C)C)ccn1.CC(C)c1ccccn1.CC(C)c1cccnc1.CCc1cc(C(C)C)ccn1. The third kappa shape index (κ3) is 14.5. The van der Waals surface area contributed by atoms with Crippen LogP contribution in [0.15, 0.2) is 85.6 Å². The Kier molecular flexibility index (Phi) is 16.7. The molecular weight excluding hydrogens is 504 g/mol. The van der Waals surface area contributed by atoms with E-state index in [2.05, 4.69) is 100 Å². The van der Waals surface area contributed by atoms with Gasteiger partial charge in [-0.2, -0.15) is 0 Å². The highest BCUT2D eigenvalue weighted by molar-refractivity contribution is 5.92. The lowest BCUT2D eigenvalue weighted by Gasteiger charge is -2.05. The van der Waals surface area contributed by atoms with E-state index >= 15 is 0 Å². The van der Waals surface area contributed by atoms with Crippen LogP contribution in [-0.4, -0.2) is 25.7 Å². The Morgan fingerprint density at radius 3 is 1.66 bits per heavy atom. The van der Waals surface area contributed by atoms with Gasteiger partial charge >= 0.3 is 0 Å². The highest BCUT2D eigenvalue weighted by Gasteiger charge is 2.04. The lowest BCUT2D eigenvalue weighted by molar-refractivity contribution is 0.101. The number of rotatable bonds is 6. The number of hydrogen-bond donors (Lipinski definition) is 0. The Balaban J connectivity index is 0.000000275. The zero-order valence-electron chi connectivity index (χ0n) is 26.8. The predicted octanol–water partition coefficient (Wildman–Crippen LogP) is 9.58. The van der Waals surface area contributed by atoms with Crippen molar-refractivity contribution < 1.29 is 4.79 Å². The molecule has 4 aromatic heterocycles. The topological polar surface area (TPSA) is 68.6 Å². The minimum absolute atomic E-state index is 0.0255. The van der Waals surface area contributed by atoms with E-state index in [-0.39, 0.29) is 5.78 Å². The Morgan fingerprint density at radius 2 is 1.24 bits per heavy atom. The molecule has 0 bridgehead atoms. The molecule has 41 heavy (non-hydrogen) atoms. The number of nitrogens with zero attached hydrogens (tertiary/aromatic N) is 4. The van der Waals surface area contributed by atoms with E-state index in [0.717, 1.165) is 17.7 Å². The normalized spacial score (nSPS) is 10.3. The first-order valence-corrected chi connectivity index (χ1v) is 14.7. The van der Waals surface area contributed by atoms with Crippen molar-refractivity contribution in [3.63, 3.8) is 0 Å². The summed E-state index contributed by atoms with van der Waals surface area (Å²) in [5, 5.41) is 0. The number of hydrogen-bond acceptors (Lipinski definition) is 5. The summed E-state index contributed by atoms with van der Waals surface area (Å²) in [7, 11) is 0. The molecule has 220 valence electrons. The lowest BCUT2D eigenvalue weighted by atomic mass is 10.0. The summed E-state index contributed by atoms with van der Waals surface area (Å²) in [6.07, 6.45) is 10.1. The molecule has 4 heterocycles. The molecule has 0 N–H and O–H groups in total. The minimum atomic E-state index is 0.0255. The van der Waals surface area contributed by atoms with Crippen LogP contribution < -0.4 is 0 Å². The van der Waals surface area contributed by atoms with Crippen LogP contribution in [0.2, 0.25) is 0 Å². The van der Waals surface area contributed by atoms with Crippen LogP contribution in [0, 0.1) is 0 Å². The van der Waals surface area contributed by atoms with Gasteiger partial charge in [0, 0.05) is 49.3 Å². The molecule has 0 fully saturated rings. The first-order chi connectivity index (χ1) is 19.5. The Hall–Kier alpha value is -3.73. The van der Waals surface area contributed by atoms with Crippen molar-refractivity contribution in [1.82, 2.24) is 19.9 Å². The Morgan fingerprint density at radius 1 is 0.634 bits per heavy atom. The smallest absolute Gasteiger partial charge is 0.178 e. The van der Waals surface area contributed by atoms with Gasteiger partial charge in [-0.3, -0.25) is 24.7 Å². The number of aryl methyl sites for hydroxylation is 1. The van der Waals surface area contributed by atoms with Crippen molar-refractivity contribution in [3.8, 4) is 0 Å². The quantitative estimate of drug-likeness (QED) is 0.222. The Labute approximate surface area is 248 Å². The van der Waals surface area contributed by atoms with Gasteiger partial charge in [0.05, 0.1) is 0 Å². The zero-order chi connectivity index (χ0) is 30.8. The van der Waals surface area contributed by atoms with Crippen LogP contribution in [0.3, 0.4) is 0 Å². The molecule has 0 aromatic carbocycles. The maximum absolute atomic E-state index is 11.0. The van der Waals surface area contributed by atoms with Crippen molar-refractivity contribution in [1.29, 1.82) is 0 Å². The van der Waals surface area contributed by atoms with E-state index in [1.807, 2.05) is 55.0 Å². The van der Waals surface area contributed by atoms with Crippen LogP contribution in [0.5, 0.6) is 0 Å². The van der Waals surface area contributed by atoms with Crippen molar-refractivity contribution in [3.05, 3.63) is 119 Å². The molecule has 0 aliphatic carbocycles. The van der Waals surface area contributed by atoms with Gasteiger partial charge in [0.1, 0.15) is 5.69 Å². The van der Waals surface area contributed by atoms with Crippen LogP contribution in [-0.2, 0) is 6.42 Å². The molecule has 5 nitrogen and oxygen atoms in total. The molecule has 0 spiro atoms. The fraction of sp³-hybridized carbons (Fsp3) is 0.417. The summed E-state index contributed by atoms with van der Waals surface area (Å²) >= 11 is 0.